The number of ether oxygens (including phenoxy) is 1. The van der Waals surface area contributed by atoms with E-state index in [-0.39, 0.29) is 5.56 Å². The first-order valence-corrected chi connectivity index (χ1v) is 6.86. The Balaban J connectivity index is 2.36. The molecule has 106 valence electrons. The monoisotopic (exact) mass is 270 g/mol. The van der Waals surface area contributed by atoms with Crippen LogP contribution in [0.2, 0.25) is 0 Å². The van der Waals surface area contributed by atoms with Crippen LogP contribution in [0.4, 0.5) is 8.78 Å². The van der Waals surface area contributed by atoms with Gasteiger partial charge >= 0.3 is 0 Å². The van der Waals surface area contributed by atoms with E-state index in [9.17, 15) is 13.9 Å². The van der Waals surface area contributed by atoms with Gasteiger partial charge in [-0.2, -0.15) is 0 Å². The Kier molecular flexibility index (Phi) is 4.53. The number of aliphatic hydroxyl groups excluding tert-OH is 1. The van der Waals surface area contributed by atoms with Crippen molar-refractivity contribution in [2.24, 2.45) is 0 Å². The highest BCUT2D eigenvalue weighted by Crippen LogP contribution is 2.42. The molecule has 1 saturated carbocycles. The number of rotatable bonds is 4. The van der Waals surface area contributed by atoms with E-state index in [0.717, 1.165) is 19.3 Å². The summed E-state index contributed by atoms with van der Waals surface area (Å²) in [4.78, 5) is 0. The van der Waals surface area contributed by atoms with Crippen molar-refractivity contribution < 1.29 is 18.6 Å². The number of hydrogen-bond donors (Lipinski definition) is 1. The lowest BCUT2D eigenvalue weighted by Crippen LogP contribution is -2.42. The van der Waals surface area contributed by atoms with E-state index >= 15 is 0 Å². The summed E-state index contributed by atoms with van der Waals surface area (Å²) in [6.07, 6.45) is 2.90. The first-order chi connectivity index (χ1) is 9.10. The van der Waals surface area contributed by atoms with Gasteiger partial charge in [0.05, 0.1) is 11.2 Å². The average Bonchev–Trinajstić information content (AvgIpc) is 2.40. The Morgan fingerprint density at radius 1 is 1.21 bits per heavy atom. The summed E-state index contributed by atoms with van der Waals surface area (Å²) < 4.78 is 33.3. The number of halogens is 2. The third-order valence-corrected chi connectivity index (χ3v) is 3.90. The van der Waals surface area contributed by atoms with E-state index in [1.807, 2.05) is 6.92 Å². The first kappa shape index (κ1) is 14.4. The van der Waals surface area contributed by atoms with Crippen molar-refractivity contribution in [3.8, 4) is 0 Å². The number of benzene rings is 1. The highest BCUT2D eigenvalue weighted by Gasteiger charge is 2.42. The second kappa shape index (κ2) is 5.97. The van der Waals surface area contributed by atoms with E-state index in [1.54, 1.807) is 0 Å². The molecule has 0 amide bonds. The molecule has 0 heterocycles. The van der Waals surface area contributed by atoms with Gasteiger partial charge in [-0.25, -0.2) is 8.78 Å². The molecule has 1 fully saturated rings. The maximum Gasteiger partial charge on any atom is 0.132 e. The maximum atomic E-state index is 13.8. The van der Waals surface area contributed by atoms with Gasteiger partial charge in [-0.15, -0.1) is 0 Å². The summed E-state index contributed by atoms with van der Waals surface area (Å²) in [5, 5.41) is 10.5. The van der Waals surface area contributed by atoms with E-state index < -0.39 is 23.3 Å². The molecule has 0 saturated heterocycles. The fraction of sp³-hybridized carbons (Fsp3) is 0.600. The molecule has 0 radical (unpaired) electrons. The SMILES string of the molecule is CCOC1(C(O)c2c(F)cccc2F)CCCCC1. The second-order valence-electron chi connectivity index (χ2n) is 5.10. The molecule has 1 aliphatic carbocycles. The molecule has 2 nitrogen and oxygen atoms in total. The summed E-state index contributed by atoms with van der Waals surface area (Å²) in [7, 11) is 0. The summed E-state index contributed by atoms with van der Waals surface area (Å²) in [6.45, 7) is 2.26. The molecule has 1 aromatic rings. The van der Waals surface area contributed by atoms with Crippen LogP contribution in [-0.4, -0.2) is 17.3 Å². The quantitative estimate of drug-likeness (QED) is 0.903. The molecular weight excluding hydrogens is 250 g/mol. The maximum absolute atomic E-state index is 13.8. The van der Waals surface area contributed by atoms with Crippen LogP contribution in [0.1, 0.15) is 50.7 Å². The second-order valence-corrected chi connectivity index (χ2v) is 5.10. The van der Waals surface area contributed by atoms with Gasteiger partial charge in [0.1, 0.15) is 17.7 Å². The normalized spacial score (nSPS) is 20.2. The minimum atomic E-state index is -1.26. The average molecular weight is 270 g/mol. The molecule has 0 bridgehead atoms. The van der Waals surface area contributed by atoms with E-state index in [0.29, 0.717) is 19.4 Å². The van der Waals surface area contributed by atoms with Crippen LogP contribution in [0, 0.1) is 11.6 Å². The predicted octanol–water partition coefficient (Wildman–Crippen LogP) is 3.74. The Morgan fingerprint density at radius 2 is 1.79 bits per heavy atom. The van der Waals surface area contributed by atoms with Crippen LogP contribution in [0.3, 0.4) is 0 Å². The molecule has 1 atom stereocenters. The number of aliphatic hydroxyl groups is 1. The lowest BCUT2D eigenvalue weighted by Gasteiger charge is -2.41. The largest absolute Gasteiger partial charge is 0.385 e. The molecule has 1 aromatic carbocycles. The van der Waals surface area contributed by atoms with Crippen LogP contribution in [0.15, 0.2) is 18.2 Å². The van der Waals surface area contributed by atoms with Crippen molar-refractivity contribution >= 4 is 0 Å². The van der Waals surface area contributed by atoms with Crippen LogP contribution < -0.4 is 0 Å². The van der Waals surface area contributed by atoms with Crippen LogP contribution in [0.5, 0.6) is 0 Å². The summed E-state index contributed by atoms with van der Waals surface area (Å²) in [6, 6.07) is 3.64. The lowest BCUT2D eigenvalue weighted by atomic mass is 9.78. The van der Waals surface area contributed by atoms with Gasteiger partial charge in [0.2, 0.25) is 0 Å². The highest BCUT2D eigenvalue weighted by atomic mass is 19.1. The molecule has 0 aliphatic heterocycles. The Hall–Kier alpha value is -1.00. The van der Waals surface area contributed by atoms with Gasteiger partial charge in [0, 0.05) is 6.61 Å². The zero-order valence-corrected chi connectivity index (χ0v) is 11.2. The van der Waals surface area contributed by atoms with E-state index in [2.05, 4.69) is 0 Å². The van der Waals surface area contributed by atoms with Crippen molar-refractivity contribution in [2.75, 3.05) is 6.61 Å². The molecule has 1 N–H and O–H groups in total. The van der Waals surface area contributed by atoms with Crippen molar-refractivity contribution in [3.05, 3.63) is 35.4 Å². The van der Waals surface area contributed by atoms with Gasteiger partial charge in [0.15, 0.2) is 0 Å². The van der Waals surface area contributed by atoms with Gasteiger partial charge in [-0.3, -0.25) is 0 Å². The van der Waals surface area contributed by atoms with Crippen LogP contribution in [0.25, 0.3) is 0 Å². The summed E-state index contributed by atoms with van der Waals surface area (Å²) in [5.74, 6) is -1.42. The molecule has 0 aromatic heterocycles. The summed E-state index contributed by atoms with van der Waals surface area (Å²) in [5.41, 5.74) is -1.12. The molecular formula is C15H20F2O2. The molecule has 0 spiro atoms. The van der Waals surface area contributed by atoms with Gasteiger partial charge in [-0.1, -0.05) is 25.3 Å². The minimum Gasteiger partial charge on any atom is -0.385 e. The van der Waals surface area contributed by atoms with Crippen molar-refractivity contribution in [3.63, 3.8) is 0 Å². The third kappa shape index (κ3) is 2.79. The fourth-order valence-electron chi connectivity index (χ4n) is 2.97. The van der Waals surface area contributed by atoms with Gasteiger partial charge in [0.25, 0.3) is 0 Å². The smallest absolute Gasteiger partial charge is 0.132 e. The fourth-order valence-corrected chi connectivity index (χ4v) is 2.97. The highest BCUT2D eigenvalue weighted by molar-refractivity contribution is 5.25. The molecule has 19 heavy (non-hydrogen) atoms. The van der Waals surface area contributed by atoms with Crippen molar-refractivity contribution in [1.82, 2.24) is 0 Å². The zero-order valence-electron chi connectivity index (χ0n) is 11.2. The van der Waals surface area contributed by atoms with Gasteiger partial charge < -0.3 is 9.84 Å². The lowest BCUT2D eigenvalue weighted by molar-refractivity contribution is -0.143. The van der Waals surface area contributed by atoms with Crippen molar-refractivity contribution in [2.45, 2.75) is 50.7 Å². The third-order valence-electron chi connectivity index (χ3n) is 3.90. The molecule has 4 heteroatoms. The minimum absolute atomic E-state index is 0.266. The van der Waals surface area contributed by atoms with Crippen molar-refractivity contribution in [1.29, 1.82) is 0 Å². The topological polar surface area (TPSA) is 29.5 Å². The molecule has 1 unspecified atom stereocenters. The van der Waals surface area contributed by atoms with Crippen LogP contribution >= 0.6 is 0 Å². The predicted molar refractivity (Wildman–Crippen MR) is 68.8 cm³/mol. The zero-order chi connectivity index (χ0) is 13.9. The molecule has 2 rings (SSSR count). The standard InChI is InChI=1S/C15H20F2O2/c1-2-19-15(9-4-3-5-10-15)14(18)13-11(16)7-6-8-12(13)17/h6-8,14,18H,2-5,9-10H2,1H3. The van der Waals surface area contributed by atoms with Crippen LogP contribution in [-0.2, 0) is 4.74 Å². The van der Waals surface area contributed by atoms with E-state index in [1.165, 1.54) is 18.2 Å². The number of hydrogen-bond acceptors (Lipinski definition) is 2. The molecule has 1 aliphatic rings. The Morgan fingerprint density at radius 3 is 2.32 bits per heavy atom. The Bertz CT molecular complexity index is 402. The van der Waals surface area contributed by atoms with E-state index in [4.69, 9.17) is 4.74 Å². The van der Waals surface area contributed by atoms with Gasteiger partial charge in [-0.05, 0) is 31.9 Å². The Labute approximate surface area is 112 Å². The first-order valence-electron chi connectivity index (χ1n) is 6.86. The summed E-state index contributed by atoms with van der Waals surface area (Å²) >= 11 is 0.